The van der Waals surface area contributed by atoms with E-state index in [0.717, 1.165) is 50.5 Å². The smallest absolute Gasteiger partial charge is 0.135 e. The molecule has 0 aromatic carbocycles. The van der Waals surface area contributed by atoms with E-state index in [9.17, 15) is 0 Å². The van der Waals surface area contributed by atoms with Crippen molar-refractivity contribution in [1.82, 2.24) is 20.2 Å². The predicted octanol–water partition coefficient (Wildman–Crippen LogP) is 7.09. The van der Waals surface area contributed by atoms with E-state index < -0.39 is 0 Å². The third-order valence-electron chi connectivity index (χ3n) is 5.10. The zero-order valence-electron chi connectivity index (χ0n) is 17.6. The number of aromatic nitrogens is 4. The topological polar surface area (TPSA) is 57.4 Å². The first-order valence-electron chi connectivity index (χ1n) is 10.0. The normalized spacial score (nSPS) is 12.7. The number of nitrogens with one attached hydrogen (secondary N) is 2. The lowest BCUT2D eigenvalue weighted by Gasteiger charge is -2.04. The van der Waals surface area contributed by atoms with E-state index in [2.05, 4.69) is 58.2 Å². The molecule has 0 unspecified atom stereocenters. The van der Waals surface area contributed by atoms with Crippen molar-refractivity contribution in [2.24, 2.45) is 0 Å². The summed E-state index contributed by atoms with van der Waals surface area (Å²) in [7, 11) is 0. The highest BCUT2D eigenvalue weighted by molar-refractivity contribution is 7.08. The molecule has 2 N–H and O–H groups in total. The summed E-state index contributed by atoms with van der Waals surface area (Å²) in [5.41, 5.74) is 9.91. The van der Waals surface area contributed by atoms with Gasteiger partial charge in [0.25, 0.3) is 0 Å². The minimum atomic E-state index is 0.803. The number of nitrogens with zero attached hydrogens (tertiary/aromatic N) is 2. The molecule has 4 aromatic heterocycles. The van der Waals surface area contributed by atoms with Gasteiger partial charge in [-0.15, -0.1) is 0 Å². The standard InChI is InChI=1S/C26H24N4S/c1-5-8-10-18(7-3)22-11-12-23-25(28-22)26(30-29-23)24-15-21(17(4)27-24)20(9-6-2)19-13-14-31-16-19/h5-16,27H,1-2H2,3-4H3,(H,29,30)/b10-8-,18-7+,20-9-. The molecule has 0 amide bonds. The largest absolute Gasteiger partial charge is 0.357 e. The SMILES string of the molecule is C=C/C=C\C(=C/C)c1ccc2[nH]nc(-c3cc(/C(=C\C=C)c4ccsc4)c(C)[nH]3)c2n1. The summed E-state index contributed by atoms with van der Waals surface area (Å²) in [6.45, 7) is 11.7. The fourth-order valence-electron chi connectivity index (χ4n) is 3.59. The van der Waals surface area contributed by atoms with Crippen molar-refractivity contribution in [3.05, 3.63) is 107 Å². The highest BCUT2D eigenvalue weighted by Gasteiger charge is 2.17. The molecule has 5 heteroatoms. The number of rotatable bonds is 7. The van der Waals surface area contributed by atoms with Crippen LogP contribution in [0, 0.1) is 6.92 Å². The van der Waals surface area contributed by atoms with Gasteiger partial charge in [-0.3, -0.25) is 5.10 Å². The molecular formula is C26H24N4S. The number of aromatic amines is 2. The Kier molecular flexibility index (Phi) is 5.96. The number of aryl methyl sites for hydroxylation is 1. The second-order valence-electron chi connectivity index (χ2n) is 7.05. The maximum atomic E-state index is 4.91. The van der Waals surface area contributed by atoms with Gasteiger partial charge in [0.05, 0.1) is 16.9 Å². The molecule has 4 rings (SSSR count). The summed E-state index contributed by atoms with van der Waals surface area (Å²) in [6, 6.07) is 8.28. The van der Waals surface area contributed by atoms with Gasteiger partial charge in [0, 0.05) is 11.3 Å². The highest BCUT2D eigenvalue weighted by Crippen LogP contribution is 2.33. The highest BCUT2D eigenvalue weighted by atomic mass is 32.1. The van der Waals surface area contributed by atoms with Gasteiger partial charge in [0.2, 0.25) is 0 Å². The summed E-state index contributed by atoms with van der Waals surface area (Å²) in [6.07, 6.45) is 11.6. The summed E-state index contributed by atoms with van der Waals surface area (Å²) in [4.78, 5) is 8.41. The van der Waals surface area contributed by atoms with E-state index in [1.54, 1.807) is 17.4 Å². The van der Waals surface area contributed by atoms with Crippen molar-refractivity contribution in [3.63, 3.8) is 0 Å². The Labute approximate surface area is 186 Å². The maximum absolute atomic E-state index is 4.91. The quantitative estimate of drug-likeness (QED) is 0.311. The molecule has 0 spiro atoms. The van der Waals surface area contributed by atoms with Crippen LogP contribution >= 0.6 is 11.3 Å². The number of hydrogen-bond donors (Lipinski definition) is 2. The minimum Gasteiger partial charge on any atom is -0.357 e. The molecule has 0 saturated heterocycles. The van der Waals surface area contributed by atoms with E-state index in [1.165, 1.54) is 5.56 Å². The molecule has 0 radical (unpaired) electrons. The molecule has 0 aliphatic heterocycles. The van der Waals surface area contributed by atoms with Gasteiger partial charge in [-0.1, -0.05) is 49.6 Å². The Morgan fingerprint density at radius 1 is 1.16 bits per heavy atom. The molecule has 0 atom stereocenters. The first kappa shape index (κ1) is 20.6. The second kappa shape index (κ2) is 8.98. The third-order valence-corrected chi connectivity index (χ3v) is 5.79. The van der Waals surface area contributed by atoms with Crippen LogP contribution in [0.15, 0.2) is 84.6 Å². The van der Waals surface area contributed by atoms with Crippen LogP contribution in [-0.4, -0.2) is 20.2 Å². The molecule has 154 valence electrons. The average Bonchev–Trinajstić information content (AvgIpc) is 3.52. The molecule has 4 aromatic rings. The van der Waals surface area contributed by atoms with E-state index in [1.807, 2.05) is 49.4 Å². The van der Waals surface area contributed by atoms with Crippen LogP contribution in [-0.2, 0) is 0 Å². The van der Waals surface area contributed by atoms with E-state index in [-0.39, 0.29) is 0 Å². The van der Waals surface area contributed by atoms with Crippen molar-refractivity contribution >= 4 is 33.5 Å². The summed E-state index contributed by atoms with van der Waals surface area (Å²) < 4.78 is 0. The van der Waals surface area contributed by atoms with Crippen LogP contribution in [0.2, 0.25) is 0 Å². The maximum Gasteiger partial charge on any atom is 0.135 e. The van der Waals surface area contributed by atoms with Crippen molar-refractivity contribution in [3.8, 4) is 11.4 Å². The number of fused-ring (bicyclic) bond motifs is 1. The van der Waals surface area contributed by atoms with Crippen molar-refractivity contribution in [2.45, 2.75) is 13.8 Å². The van der Waals surface area contributed by atoms with E-state index in [0.29, 0.717) is 0 Å². The molecule has 0 bridgehead atoms. The van der Waals surface area contributed by atoms with Crippen molar-refractivity contribution in [2.75, 3.05) is 0 Å². The lowest BCUT2D eigenvalue weighted by molar-refractivity contribution is 1.11. The Balaban J connectivity index is 1.81. The minimum absolute atomic E-state index is 0.803. The fraction of sp³-hybridized carbons (Fsp3) is 0.0769. The lowest BCUT2D eigenvalue weighted by atomic mass is 10.00. The van der Waals surface area contributed by atoms with Gasteiger partial charge in [-0.05, 0) is 65.6 Å². The molecular weight excluding hydrogens is 400 g/mol. The number of H-pyrrole nitrogens is 2. The van der Waals surface area contributed by atoms with Gasteiger partial charge in [-0.25, -0.2) is 4.98 Å². The summed E-state index contributed by atoms with van der Waals surface area (Å²) >= 11 is 1.68. The van der Waals surface area contributed by atoms with Crippen LogP contribution in [0.1, 0.15) is 29.4 Å². The monoisotopic (exact) mass is 424 g/mol. The van der Waals surface area contributed by atoms with Gasteiger partial charge in [0.15, 0.2) is 0 Å². The Morgan fingerprint density at radius 3 is 2.74 bits per heavy atom. The molecule has 0 saturated carbocycles. The molecule has 0 aliphatic rings. The van der Waals surface area contributed by atoms with Gasteiger partial charge in [0.1, 0.15) is 11.2 Å². The van der Waals surface area contributed by atoms with Crippen LogP contribution in [0.5, 0.6) is 0 Å². The molecule has 31 heavy (non-hydrogen) atoms. The van der Waals surface area contributed by atoms with E-state index >= 15 is 0 Å². The van der Waals surface area contributed by atoms with Gasteiger partial charge >= 0.3 is 0 Å². The Bertz CT molecular complexity index is 1330. The lowest BCUT2D eigenvalue weighted by Crippen LogP contribution is -1.88. The van der Waals surface area contributed by atoms with E-state index in [4.69, 9.17) is 4.98 Å². The van der Waals surface area contributed by atoms with Gasteiger partial charge < -0.3 is 4.98 Å². The number of hydrogen-bond acceptors (Lipinski definition) is 3. The summed E-state index contributed by atoms with van der Waals surface area (Å²) in [5, 5.41) is 11.9. The van der Waals surface area contributed by atoms with Crippen LogP contribution in [0.4, 0.5) is 0 Å². The molecule has 0 fully saturated rings. The summed E-state index contributed by atoms with van der Waals surface area (Å²) in [5.74, 6) is 0. The first-order valence-corrected chi connectivity index (χ1v) is 11.0. The first-order chi connectivity index (χ1) is 15.2. The zero-order valence-corrected chi connectivity index (χ0v) is 18.5. The van der Waals surface area contributed by atoms with Crippen LogP contribution < -0.4 is 0 Å². The van der Waals surface area contributed by atoms with Crippen LogP contribution in [0.3, 0.4) is 0 Å². The fourth-order valence-corrected chi connectivity index (χ4v) is 4.25. The predicted molar refractivity (Wildman–Crippen MR) is 133 cm³/mol. The van der Waals surface area contributed by atoms with Crippen LogP contribution in [0.25, 0.3) is 33.6 Å². The Morgan fingerprint density at radius 2 is 2.03 bits per heavy atom. The third kappa shape index (κ3) is 4.00. The average molecular weight is 425 g/mol. The molecule has 4 nitrogen and oxygen atoms in total. The molecule has 0 aliphatic carbocycles. The second-order valence-corrected chi connectivity index (χ2v) is 7.83. The van der Waals surface area contributed by atoms with Gasteiger partial charge in [-0.2, -0.15) is 16.4 Å². The Hall–Kier alpha value is -3.70. The van der Waals surface area contributed by atoms with Crippen molar-refractivity contribution in [1.29, 1.82) is 0 Å². The number of thiophene rings is 1. The molecule has 4 heterocycles. The zero-order chi connectivity index (χ0) is 21.8. The number of allylic oxidation sites excluding steroid dienone is 7. The number of pyridine rings is 1. The van der Waals surface area contributed by atoms with Crippen molar-refractivity contribution < 1.29 is 0 Å².